The van der Waals surface area contributed by atoms with E-state index in [0.717, 1.165) is 5.56 Å². The van der Waals surface area contributed by atoms with E-state index < -0.39 is 17.7 Å². The summed E-state index contributed by atoms with van der Waals surface area (Å²) in [5.41, 5.74) is 1.17. The van der Waals surface area contributed by atoms with Gasteiger partial charge in [-0.25, -0.2) is 4.39 Å². The molecule has 0 saturated heterocycles. The molecule has 1 rings (SSSR count). The van der Waals surface area contributed by atoms with Crippen molar-refractivity contribution < 1.29 is 19.0 Å². The predicted octanol–water partition coefficient (Wildman–Crippen LogP) is 3.17. The van der Waals surface area contributed by atoms with E-state index in [9.17, 15) is 9.18 Å². The van der Waals surface area contributed by atoms with E-state index >= 15 is 0 Å². The van der Waals surface area contributed by atoms with Crippen LogP contribution < -0.4 is 4.74 Å². The Labute approximate surface area is 108 Å². The molecule has 0 aliphatic carbocycles. The zero-order valence-corrected chi connectivity index (χ0v) is 11.5. The maximum absolute atomic E-state index is 14.0. The van der Waals surface area contributed by atoms with E-state index in [2.05, 4.69) is 15.9 Å². The van der Waals surface area contributed by atoms with Crippen LogP contribution in [0.4, 0.5) is 4.39 Å². The molecule has 0 amide bonds. The molecule has 0 saturated carbocycles. The van der Waals surface area contributed by atoms with Crippen LogP contribution >= 0.6 is 15.9 Å². The van der Waals surface area contributed by atoms with E-state index in [1.807, 2.05) is 0 Å². The number of rotatable bonds is 4. The maximum Gasteiger partial charge on any atom is 0.306 e. The van der Waals surface area contributed by atoms with Gasteiger partial charge in [0.25, 0.3) is 0 Å². The number of carboxylic acids is 1. The number of carbonyl (C=O) groups is 1. The van der Waals surface area contributed by atoms with Crippen LogP contribution in [0.2, 0.25) is 0 Å². The maximum atomic E-state index is 14.0. The third-order valence-electron chi connectivity index (χ3n) is 2.57. The van der Waals surface area contributed by atoms with Gasteiger partial charge in [0.1, 0.15) is 0 Å². The summed E-state index contributed by atoms with van der Waals surface area (Å²) >= 11 is 3.24. The number of hydrogen-bond acceptors (Lipinski definition) is 2. The number of aliphatic carboxylic acids is 1. The lowest BCUT2D eigenvalue weighted by molar-refractivity contribution is -0.141. The van der Waals surface area contributed by atoms with Gasteiger partial charge in [-0.05, 0) is 40.4 Å². The van der Waals surface area contributed by atoms with Crippen molar-refractivity contribution in [3.05, 3.63) is 27.5 Å². The van der Waals surface area contributed by atoms with Crippen molar-refractivity contribution in [2.24, 2.45) is 5.92 Å². The number of methoxy groups -OCH3 is 1. The normalized spacial score (nSPS) is 12.3. The lowest BCUT2D eigenvalue weighted by Gasteiger charge is -2.13. The summed E-state index contributed by atoms with van der Waals surface area (Å²) < 4.78 is 19.5. The average molecular weight is 305 g/mol. The summed E-state index contributed by atoms with van der Waals surface area (Å²) in [5.74, 6) is -1.95. The van der Waals surface area contributed by atoms with Gasteiger partial charge < -0.3 is 9.84 Å². The number of aryl methyl sites for hydroxylation is 1. The fourth-order valence-electron chi connectivity index (χ4n) is 1.55. The monoisotopic (exact) mass is 304 g/mol. The smallest absolute Gasteiger partial charge is 0.306 e. The van der Waals surface area contributed by atoms with E-state index in [1.165, 1.54) is 7.11 Å². The van der Waals surface area contributed by atoms with E-state index in [0.29, 0.717) is 10.0 Å². The first-order chi connectivity index (χ1) is 7.88. The number of benzene rings is 1. The van der Waals surface area contributed by atoms with Crippen LogP contribution in [0.3, 0.4) is 0 Å². The molecule has 0 fully saturated rings. The zero-order chi connectivity index (χ0) is 13.2. The van der Waals surface area contributed by atoms with Gasteiger partial charge in [-0.1, -0.05) is 13.0 Å². The minimum absolute atomic E-state index is 0.123. The first-order valence-electron chi connectivity index (χ1n) is 5.12. The van der Waals surface area contributed by atoms with Gasteiger partial charge in [0.05, 0.1) is 17.5 Å². The number of ether oxygens (including phenoxy) is 1. The molecule has 0 radical (unpaired) electrons. The highest BCUT2D eigenvalue weighted by atomic mass is 79.9. The second-order valence-electron chi connectivity index (χ2n) is 3.96. The molecule has 0 heterocycles. The standard InChI is InChI=1S/C12H14BrFO3/c1-6-4-8(5-7(2)12(15)16)10(14)11(17-3)9(6)13/h4,7H,5H2,1-3H3,(H,15,16). The van der Waals surface area contributed by atoms with Gasteiger partial charge >= 0.3 is 5.97 Å². The Hall–Kier alpha value is -1.10. The van der Waals surface area contributed by atoms with Crippen molar-refractivity contribution >= 4 is 21.9 Å². The van der Waals surface area contributed by atoms with Crippen molar-refractivity contribution in [2.45, 2.75) is 20.3 Å². The van der Waals surface area contributed by atoms with Crippen molar-refractivity contribution in [1.82, 2.24) is 0 Å². The Morgan fingerprint density at radius 2 is 2.24 bits per heavy atom. The lowest BCUT2D eigenvalue weighted by atomic mass is 9.99. The molecular weight excluding hydrogens is 291 g/mol. The van der Waals surface area contributed by atoms with Gasteiger partial charge in [0, 0.05) is 0 Å². The molecule has 1 unspecified atom stereocenters. The summed E-state index contributed by atoms with van der Waals surface area (Å²) in [4.78, 5) is 10.8. The number of carboxylic acid groups (broad SMARTS) is 1. The molecule has 3 nitrogen and oxygen atoms in total. The Balaban J connectivity index is 3.17. The molecule has 1 aromatic carbocycles. The molecule has 0 aliphatic rings. The quantitative estimate of drug-likeness (QED) is 0.929. The topological polar surface area (TPSA) is 46.5 Å². The third kappa shape index (κ3) is 2.97. The van der Waals surface area contributed by atoms with Crippen LogP contribution in [0.5, 0.6) is 5.75 Å². The van der Waals surface area contributed by atoms with Gasteiger partial charge in [-0.2, -0.15) is 0 Å². The van der Waals surface area contributed by atoms with Crippen LogP contribution in [0, 0.1) is 18.7 Å². The Morgan fingerprint density at radius 3 is 2.71 bits per heavy atom. The molecule has 0 aromatic heterocycles. The van der Waals surface area contributed by atoms with E-state index in [1.54, 1.807) is 19.9 Å². The van der Waals surface area contributed by atoms with E-state index in [-0.39, 0.29) is 12.2 Å². The first-order valence-corrected chi connectivity index (χ1v) is 5.92. The van der Waals surface area contributed by atoms with Crippen molar-refractivity contribution in [3.8, 4) is 5.75 Å². The summed E-state index contributed by atoms with van der Waals surface area (Å²) in [6.45, 7) is 3.35. The summed E-state index contributed by atoms with van der Waals surface area (Å²) in [5, 5.41) is 8.82. The fraction of sp³-hybridized carbons (Fsp3) is 0.417. The largest absolute Gasteiger partial charge is 0.492 e. The highest BCUT2D eigenvalue weighted by molar-refractivity contribution is 9.10. The molecule has 94 valence electrons. The van der Waals surface area contributed by atoms with Crippen LogP contribution in [0.1, 0.15) is 18.1 Å². The molecule has 1 N–H and O–H groups in total. The molecule has 0 spiro atoms. The van der Waals surface area contributed by atoms with Gasteiger partial charge in [0.2, 0.25) is 0 Å². The fourth-order valence-corrected chi connectivity index (χ4v) is 2.00. The predicted molar refractivity (Wildman–Crippen MR) is 65.9 cm³/mol. The second-order valence-corrected chi connectivity index (χ2v) is 4.75. The third-order valence-corrected chi connectivity index (χ3v) is 3.55. The van der Waals surface area contributed by atoms with Crippen LogP contribution in [-0.2, 0) is 11.2 Å². The van der Waals surface area contributed by atoms with E-state index in [4.69, 9.17) is 9.84 Å². The first kappa shape index (κ1) is 14.0. The Morgan fingerprint density at radius 1 is 1.65 bits per heavy atom. The van der Waals surface area contributed by atoms with Crippen molar-refractivity contribution in [2.75, 3.05) is 7.11 Å². The average Bonchev–Trinajstić information content (AvgIpc) is 2.26. The highest BCUT2D eigenvalue weighted by Crippen LogP contribution is 2.34. The molecule has 1 atom stereocenters. The van der Waals surface area contributed by atoms with Crippen LogP contribution in [-0.4, -0.2) is 18.2 Å². The molecule has 5 heteroatoms. The van der Waals surface area contributed by atoms with Crippen molar-refractivity contribution in [1.29, 1.82) is 0 Å². The Kier molecular flexibility index (Phi) is 4.51. The minimum Gasteiger partial charge on any atom is -0.492 e. The SMILES string of the molecule is COc1c(F)c(CC(C)C(=O)O)cc(C)c1Br. The molecule has 0 bridgehead atoms. The summed E-state index contributed by atoms with van der Waals surface area (Å²) in [6, 6.07) is 1.64. The van der Waals surface area contributed by atoms with Crippen LogP contribution in [0.15, 0.2) is 10.5 Å². The van der Waals surface area contributed by atoms with Crippen molar-refractivity contribution in [3.63, 3.8) is 0 Å². The van der Waals surface area contributed by atoms with Gasteiger partial charge in [-0.15, -0.1) is 0 Å². The van der Waals surface area contributed by atoms with Crippen LogP contribution in [0.25, 0.3) is 0 Å². The highest BCUT2D eigenvalue weighted by Gasteiger charge is 2.19. The Bertz CT molecular complexity index is 446. The number of hydrogen-bond donors (Lipinski definition) is 1. The number of halogens is 2. The molecule has 0 aliphatic heterocycles. The lowest BCUT2D eigenvalue weighted by Crippen LogP contribution is -2.13. The second kappa shape index (κ2) is 5.49. The zero-order valence-electron chi connectivity index (χ0n) is 9.88. The van der Waals surface area contributed by atoms with Gasteiger partial charge in [0.15, 0.2) is 11.6 Å². The minimum atomic E-state index is -0.941. The molecular formula is C12H14BrFO3. The molecule has 17 heavy (non-hydrogen) atoms. The molecule has 1 aromatic rings. The summed E-state index contributed by atoms with van der Waals surface area (Å²) in [7, 11) is 1.38. The van der Waals surface area contributed by atoms with Gasteiger partial charge in [-0.3, -0.25) is 4.79 Å². The summed E-state index contributed by atoms with van der Waals surface area (Å²) in [6.07, 6.45) is 0.144.